The number of aliphatic carboxylic acids is 1. The molecule has 0 aliphatic rings. The Balaban J connectivity index is 2.55. The Morgan fingerprint density at radius 3 is 2.45 bits per heavy atom. The number of ether oxygens (including phenoxy) is 5. The fraction of sp³-hybridized carbons (Fsp3) is 0.300. The van der Waals surface area contributed by atoms with Crippen LogP contribution in [0.2, 0.25) is 0 Å². The van der Waals surface area contributed by atoms with E-state index < -0.39 is 11.9 Å². The van der Waals surface area contributed by atoms with Gasteiger partial charge in [-0.05, 0) is 29.8 Å². The Morgan fingerprint density at radius 1 is 1.07 bits per heavy atom. The summed E-state index contributed by atoms with van der Waals surface area (Å²) in [6, 6.07) is 6.52. The molecule has 1 heterocycles. The predicted octanol–water partition coefficient (Wildman–Crippen LogP) is 2.73. The fourth-order valence-corrected chi connectivity index (χ4v) is 2.47. The lowest BCUT2D eigenvalue weighted by Crippen LogP contribution is -2.09. The summed E-state index contributed by atoms with van der Waals surface area (Å²) in [5, 5.41) is 8.77. The number of hydrogen-bond donors (Lipinski definition) is 1. The molecule has 29 heavy (non-hydrogen) atoms. The largest absolute Gasteiger partial charge is 0.478 e. The molecular weight excluding hydrogens is 384 g/mol. The number of methoxy groups -OCH3 is 3. The van der Waals surface area contributed by atoms with Crippen LogP contribution in [0, 0.1) is 0 Å². The van der Waals surface area contributed by atoms with Crippen LogP contribution in [0.15, 0.2) is 34.8 Å². The van der Waals surface area contributed by atoms with Gasteiger partial charge in [0, 0.05) is 26.4 Å². The molecule has 1 aromatic heterocycles. The Hall–Kier alpha value is -3.30. The standard InChI is InChI=1S/C20H22O9/c1-24-11-27-15-8-13(9-19(23)26-3)20(17(10-15)28-12-25-2)16-6-4-14(29-16)5-7-18(21)22/h4-8,10H,9,11-12H2,1-3H3,(H,21,22). The number of carboxylic acids is 1. The number of carbonyl (C=O) groups excluding carboxylic acids is 1. The van der Waals surface area contributed by atoms with Gasteiger partial charge >= 0.3 is 11.9 Å². The zero-order valence-electron chi connectivity index (χ0n) is 16.3. The molecule has 156 valence electrons. The maximum absolute atomic E-state index is 11.9. The number of esters is 1. The van der Waals surface area contributed by atoms with E-state index in [1.807, 2.05) is 0 Å². The zero-order chi connectivity index (χ0) is 21.2. The second-order valence-electron chi connectivity index (χ2n) is 5.68. The van der Waals surface area contributed by atoms with E-state index in [2.05, 4.69) is 0 Å². The Bertz CT molecular complexity index is 867. The molecule has 0 unspecified atom stereocenters. The molecule has 0 radical (unpaired) electrons. The van der Waals surface area contributed by atoms with Gasteiger partial charge in [-0.1, -0.05) is 0 Å². The Morgan fingerprint density at radius 2 is 1.79 bits per heavy atom. The molecule has 0 saturated carbocycles. The number of hydrogen-bond acceptors (Lipinski definition) is 8. The van der Waals surface area contributed by atoms with Crippen molar-refractivity contribution in [2.45, 2.75) is 6.42 Å². The number of benzene rings is 1. The third kappa shape index (κ3) is 6.37. The first-order chi connectivity index (χ1) is 14.0. The molecule has 0 spiro atoms. The monoisotopic (exact) mass is 406 g/mol. The molecule has 0 aliphatic carbocycles. The van der Waals surface area contributed by atoms with Gasteiger partial charge in [0.2, 0.25) is 0 Å². The summed E-state index contributed by atoms with van der Waals surface area (Å²) >= 11 is 0. The van der Waals surface area contributed by atoms with Crippen LogP contribution in [0.1, 0.15) is 11.3 Å². The van der Waals surface area contributed by atoms with Crippen molar-refractivity contribution in [2.75, 3.05) is 34.9 Å². The summed E-state index contributed by atoms with van der Waals surface area (Å²) in [7, 11) is 4.25. The number of furan rings is 1. The van der Waals surface area contributed by atoms with E-state index in [9.17, 15) is 9.59 Å². The lowest BCUT2D eigenvalue weighted by atomic mass is 10.0. The normalized spacial score (nSPS) is 10.9. The van der Waals surface area contributed by atoms with Crippen LogP contribution in [-0.4, -0.2) is 52.0 Å². The smallest absolute Gasteiger partial charge is 0.328 e. The van der Waals surface area contributed by atoms with E-state index in [1.54, 1.807) is 24.3 Å². The second-order valence-corrected chi connectivity index (χ2v) is 5.68. The van der Waals surface area contributed by atoms with Gasteiger partial charge in [-0.15, -0.1) is 0 Å². The van der Waals surface area contributed by atoms with Crippen LogP contribution >= 0.6 is 0 Å². The topological polar surface area (TPSA) is 114 Å². The van der Waals surface area contributed by atoms with Gasteiger partial charge in [-0.25, -0.2) is 4.79 Å². The van der Waals surface area contributed by atoms with E-state index in [-0.39, 0.29) is 20.0 Å². The van der Waals surface area contributed by atoms with Gasteiger partial charge in [0.1, 0.15) is 23.0 Å². The van der Waals surface area contributed by atoms with Gasteiger partial charge in [0.15, 0.2) is 13.6 Å². The Labute approximate surface area is 167 Å². The van der Waals surface area contributed by atoms with Crippen molar-refractivity contribution in [3.8, 4) is 22.8 Å². The average molecular weight is 406 g/mol. The zero-order valence-corrected chi connectivity index (χ0v) is 16.3. The van der Waals surface area contributed by atoms with Crippen molar-refractivity contribution >= 4 is 18.0 Å². The van der Waals surface area contributed by atoms with Crippen LogP contribution in [0.3, 0.4) is 0 Å². The number of carbonyl (C=O) groups is 2. The van der Waals surface area contributed by atoms with E-state index >= 15 is 0 Å². The summed E-state index contributed by atoms with van der Waals surface area (Å²) in [6.45, 7) is -0.0451. The van der Waals surface area contributed by atoms with Crippen molar-refractivity contribution < 1.29 is 42.8 Å². The van der Waals surface area contributed by atoms with Crippen LogP contribution in [0.25, 0.3) is 17.4 Å². The highest BCUT2D eigenvalue weighted by Gasteiger charge is 2.20. The van der Waals surface area contributed by atoms with E-state index in [4.69, 9.17) is 33.2 Å². The third-order valence-corrected chi connectivity index (χ3v) is 3.66. The molecule has 1 aromatic carbocycles. The predicted molar refractivity (Wildman–Crippen MR) is 102 cm³/mol. The number of rotatable bonds is 11. The quantitative estimate of drug-likeness (QED) is 0.342. The van der Waals surface area contributed by atoms with Crippen LogP contribution in [-0.2, 0) is 30.2 Å². The van der Waals surface area contributed by atoms with Gasteiger partial charge in [-0.3, -0.25) is 4.79 Å². The van der Waals surface area contributed by atoms with Gasteiger partial charge < -0.3 is 33.2 Å². The summed E-state index contributed by atoms with van der Waals surface area (Å²) in [6.07, 6.45) is 2.21. The summed E-state index contributed by atoms with van der Waals surface area (Å²) in [4.78, 5) is 22.7. The second kappa shape index (κ2) is 10.9. The fourth-order valence-electron chi connectivity index (χ4n) is 2.47. The highest BCUT2D eigenvalue weighted by molar-refractivity contribution is 5.85. The molecule has 2 rings (SSSR count). The molecular formula is C20H22O9. The average Bonchev–Trinajstić information content (AvgIpc) is 3.17. The van der Waals surface area contributed by atoms with Gasteiger partial charge in [0.25, 0.3) is 0 Å². The first-order valence-corrected chi connectivity index (χ1v) is 8.47. The maximum Gasteiger partial charge on any atom is 0.328 e. The molecule has 0 atom stereocenters. The third-order valence-electron chi connectivity index (χ3n) is 3.66. The van der Waals surface area contributed by atoms with Crippen molar-refractivity contribution in [1.29, 1.82) is 0 Å². The van der Waals surface area contributed by atoms with Crippen LogP contribution in [0.5, 0.6) is 11.5 Å². The van der Waals surface area contributed by atoms with Crippen LogP contribution in [0.4, 0.5) is 0 Å². The SMILES string of the molecule is COCOc1cc(CC(=O)OC)c(-c2ccc(C=CC(=O)O)o2)c(OCOC)c1. The minimum atomic E-state index is -1.10. The van der Waals surface area contributed by atoms with E-state index in [0.717, 1.165) is 6.08 Å². The maximum atomic E-state index is 11.9. The van der Waals surface area contributed by atoms with Crippen molar-refractivity contribution in [1.82, 2.24) is 0 Å². The minimum absolute atomic E-state index is 0.00557. The lowest BCUT2D eigenvalue weighted by molar-refractivity contribution is -0.139. The molecule has 1 N–H and O–H groups in total. The molecule has 0 amide bonds. The molecule has 2 aromatic rings. The van der Waals surface area contributed by atoms with Crippen molar-refractivity contribution in [3.63, 3.8) is 0 Å². The molecule has 0 aliphatic heterocycles. The highest BCUT2D eigenvalue weighted by Crippen LogP contribution is 2.39. The Kier molecular flexibility index (Phi) is 8.26. The van der Waals surface area contributed by atoms with Crippen molar-refractivity contribution in [2.24, 2.45) is 0 Å². The summed E-state index contributed by atoms with van der Waals surface area (Å²) in [5.74, 6) is -0.105. The number of carboxylic acid groups (broad SMARTS) is 1. The summed E-state index contributed by atoms with van der Waals surface area (Å²) < 4.78 is 31.6. The summed E-state index contributed by atoms with van der Waals surface area (Å²) in [5.41, 5.74) is 1.02. The molecule has 0 saturated heterocycles. The molecule has 0 bridgehead atoms. The highest BCUT2D eigenvalue weighted by atomic mass is 16.7. The first-order valence-electron chi connectivity index (χ1n) is 8.47. The van der Waals surface area contributed by atoms with Gasteiger partial charge in [-0.2, -0.15) is 0 Å². The van der Waals surface area contributed by atoms with Crippen molar-refractivity contribution in [3.05, 3.63) is 41.7 Å². The molecule has 9 nitrogen and oxygen atoms in total. The van der Waals surface area contributed by atoms with E-state index in [1.165, 1.54) is 27.4 Å². The molecule has 0 fully saturated rings. The lowest BCUT2D eigenvalue weighted by Gasteiger charge is -2.16. The van der Waals surface area contributed by atoms with Crippen LogP contribution < -0.4 is 9.47 Å². The van der Waals surface area contributed by atoms with E-state index in [0.29, 0.717) is 34.1 Å². The first kappa shape index (κ1) is 22.0. The van der Waals surface area contributed by atoms with Gasteiger partial charge in [0.05, 0.1) is 19.1 Å². The molecule has 9 heteroatoms. The minimum Gasteiger partial charge on any atom is -0.478 e.